The fourth-order valence-electron chi connectivity index (χ4n) is 3.17. The molecule has 4 nitrogen and oxygen atoms in total. The van der Waals surface area contributed by atoms with Crippen molar-refractivity contribution in [3.8, 4) is 11.5 Å². The lowest BCUT2D eigenvalue weighted by molar-refractivity contribution is 0.0177. The number of rotatable bonds is 6. The van der Waals surface area contributed by atoms with Gasteiger partial charge in [0.25, 0.3) is 0 Å². The van der Waals surface area contributed by atoms with Gasteiger partial charge in [0.15, 0.2) is 0 Å². The fraction of sp³-hybridized carbons (Fsp3) is 0.647. The van der Waals surface area contributed by atoms with E-state index in [4.69, 9.17) is 4.74 Å². The van der Waals surface area contributed by atoms with Crippen LogP contribution in [0.25, 0.3) is 0 Å². The van der Waals surface area contributed by atoms with E-state index in [1.54, 1.807) is 13.2 Å². The highest BCUT2D eigenvalue weighted by molar-refractivity contribution is 5.41. The average Bonchev–Trinajstić information content (AvgIpc) is 2.41. The van der Waals surface area contributed by atoms with Gasteiger partial charge in [-0.3, -0.25) is 4.90 Å². The molecule has 1 aliphatic carbocycles. The number of likely N-dealkylation sites (N-methyl/N-ethyl adjacent to an activating group) is 2. The Labute approximate surface area is 128 Å². The third-order valence-electron chi connectivity index (χ3n) is 5.13. The van der Waals surface area contributed by atoms with E-state index in [0.717, 1.165) is 12.1 Å². The summed E-state index contributed by atoms with van der Waals surface area (Å²) in [6.07, 6.45) is 3.82. The quantitative estimate of drug-likeness (QED) is 0.874. The lowest BCUT2D eigenvalue weighted by atomic mass is 9.75. The minimum absolute atomic E-state index is 0.174. The third-order valence-corrected chi connectivity index (χ3v) is 5.13. The normalized spacial score (nSPS) is 18.6. The van der Waals surface area contributed by atoms with E-state index in [9.17, 15) is 5.11 Å². The molecule has 1 fully saturated rings. The number of ether oxygens (including phenoxy) is 1. The summed E-state index contributed by atoms with van der Waals surface area (Å²) in [5.41, 5.74) is 1.25. The van der Waals surface area contributed by atoms with Crippen molar-refractivity contribution in [3.63, 3.8) is 0 Å². The first-order chi connectivity index (χ1) is 9.89. The Morgan fingerprint density at radius 3 is 2.38 bits per heavy atom. The van der Waals surface area contributed by atoms with E-state index >= 15 is 0 Å². The first-order valence-corrected chi connectivity index (χ1v) is 7.64. The van der Waals surface area contributed by atoms with E-state index in [2.05, 4.69) is 37.9 Å². The van der Waals surface area contributed by atoms with Gasteiger partial charge in [0.05, 0.1) is 7.11 Å². The summed E-state index contributed by atoms with van der Waals surface area (Å²) in [5, 5.41) is 10.2. The van der Waals surface area contributed by atoms with Crippen LogP contribution in [0.3, 0.4) is 0 Å². The smallest absolute Gasteiger partial charge is 0.124 e. The number of methoxy groups -OCH3 is 1. The number of nitrogens with zero attached hydrogens (tertiary/aromatic N) is 2. The second-order valence-electron chi connectivity index (χ2n) is 6.49. The van der Waals surface area contributed by atoms with Crippen molar-refractivity contribution >= 4 is 0 Å². The van der Waals surface area contributed by atoms with Crippen molar-refractivity contribution in [1.29, 1.82) is 0 Å². The van der Waals surface area contributed by atoms with Crippen LogP contribution in [0.1, 0.15) is 37.8 Å². The van der Waals surface area contributed by atoms with Crippen LogP contribution in [0.2, 0.25) is 0 Å². The molecule has 1 aliphatic rings. The molecule has 0 amide bonds. The Bertz CT molecular complexity index is 484. The van der Waals surface area contributed by atoms with Crippen LogP contribution < -0.4 is 4.74 Å². The molecule has 0 aromatic heterocycles. The van der Waals surface area contributed by atoms with Crippen molar-refractivity contribution in [2.75, 3.05) is 34.8 Å². The largest absolute Gasteiger partial charge is 0.507 e. The number of phenolic OH excluding ortho intramolecular Hbond substituents is 1. The molecule has 0 aliphatic heterocycles. The molecule has 0 bridgehead atoms. The molecule has 2 rings (SSSR count). The fourth-order valence-corrected chi connectivity index (χ4v) is 3.17. The molecule has 1 unspecified atom stereocenters. The van der Waals surface area contributed by atoms with Crippen molar-refractivity contribution in [1.82, 2.24) is 9.80 Å². The lowest BCUT2D eigenvalue weighted by Gasteiger charge is -2.50. The van der Waals surface area contributed by atoms with Gasteiger partial charge in [-0.2, -0.15) is 0 Å². The van der Waals surface area contributed by atoms with Crippen LogP contribution in [0.4, 0.5) is 0 Å². The predicted octanol–water partition coefficient (Wildman–Crippen LogP) is 2.88. The summed E-state index contributed by atoms with van der Waals surface area (Å²) >= 11 is 0. The maximum absolute atomic E-state index is 10.2. The van der Waals surface area contributed by atoms with Crippen LogP contribution >= 0.6 is 0 Å². The van der Waals surface area contributed by atoms with Gasteiger partial charge in [-0.05, 0) is 53.4 Å². The van der Waals surface area contributed by atoms with Crippen molar-refractivity contribution in [3.05, 3.63) is 23.8 Å². The molecule has 1 aromatic carbocycles. The van der Waals surface area contributed by atoms with Gasteiger partial charge in [0.1, 0.15) is 11.5 Å². The molecule has 0 heterocycles. The maximum atomic E-state index is 10.2. The lowest BCUT2D eigenvalue weighted by Crippen LogP contribution is -2.56. The summed E-state index contributed by atoms with van der Waals surface area (Å²) < 4.78 is 5.15. The summed E-state index contributed by atoms with van der Waals surface area (Å²) in [6.45, 7) is 3.16. The highest BCUT2D eigenvalue weighted by Gasteiger charge is 2.40. The first-order valence-electron chi connectivity index (χ1n) is 7.64. The Morgan fingerprint density at radius 1 is 1.29 bits per heavy atom. The van der Waals surface area contributed by atoms with E-state index in [1.165, 1.54) is 19.3 Å². The molecule has 1 saturated carbocycles. The molecule has 0 spiro atoms. The molecule has 21 heavy (non-hydrogen) atoms. The van der Waals surface area contributed by atoms with Crippen LogP contribution in [0.5, 0.6) is 11.5 Å². The molecule has 0 radical (unpaired) electrons. The van der Waals surface area contributed by atoms with Gasteiger partial charge in [-0.1, -0.05) is 6.07 Å². The van der Waals surface area contributed by atoms with E-state index < -0.39 is 0 Å². The molecule has 1 atom stereocenters. The topological polar surface area (TPSA) is 35.9 Å². The average molecular weight is 292 g/mol. The maximum Gasteiger partial charge on any atom is 0.124 e. The molecule has 1 N–H and O–H groups in total. The molecule has 1 aromatic rings. The van der Waals surface area contributed by atoms with Crippen LogP contribution in [0, 0.1) is 0 Å². The van der Waals surface area contributed by atoms with E-state index in [0.29, 0.717) is 17.0 Å². The van der Waals surface area contributed by atoms with Crippen molar-refractivity contribution in [2.45, 2.75) is 37.8 Å². The van der Waals surface area contributed by atoms with E-state index in [1.807, 2.05) is 12.1 Å². The number of hydrogen-bond donors (Lipinski definition) is 1. The molecular weight excluding hydrogens is 264 g/mol. The number of phenols is 1. The summed E-state index contributed by atoms with van der Waals surface area (Å²) in [7, 11) is 8.09. The zero-order valence-electron chi connectivity index (χ0n) is 13.9. The van der Waals surface area contributed by atoms with Gasteiger partial charge >= 0.3 is 0 Å². The molecule has 0 saturated heterocycles. The minimum Gasteiger partial charge on any atom is -0.507 e. The van der Waals surface area contributed by atoms with Crippen LogP contribution in [-0.2, 0) is 0 Å². The van der Waals surface area contributed by atoms with Crippen LogP contribution in [-0.4, -0.2) is 55.2 Å². The SMILES string of the molecule is COc1ccc(C(C)N(C)CC2(N(C)C)CCC2)c(O)c1. The highest BCUT2D eigenvalue weighted by atomic mass is 16.5. The standard InChI is InChI=1S/C17H28N2O2/c1-13(15-8-7-14(21-5)11-16(15)20)19(4)12-17(18(2)3)9-6-10-17/h7-8,11,13,20H,6,9-10,12H2,1-5H3. The van der Waals surface area contributed by atoms with Gasteiger partial charge in [0.2, 0.25) is 0 Å². The summed E-state index contributed by atoms with van der Waals surface area (Å²) in [6, 6.07) is 5.72. The number of benzene rings is 1. The van der Waals surface area contributed by atoms with Gasteiger partial charge < -0.3 is 14.7 Å². The molecule has 4 heteroatoms. The second kappa shape index (κ2) is 6.24. The Morgan fingerprint density at radius 2 is 1.95 bits per heavy atom. The third kappa shape index (κ3) is 3.16. The van der Waals surface area contributed by atoms with E-state index in [-0.39, 0.29) is 6.04 Å². The van der Waals surface area contributed by atoms with Crippen molar-refractivity contribution in [2.24, 2.45) is 0 Å². The highest BCUT2D eigenvalue weighted by Crippen LogP contribution is 2.39. The summed E-state index contributed by atoms with van der Waals surface area (Å²) in [5.74, 6) is 0.996. The monoisotopic (exact) mass is 292 g/mol. The van der Waals surface area contributed by atoms with Gasteiger partial charge in [-0.25, -0.2) is 0 Å². The van der Waals surface area contributed by atoms with Crippen LogP contribution in [0.15, 0.2) is 18.2 Å². The predicted molar refractivity (Wildman–Crippen MR) is 86.0 cm³/mol. The Hall–Kier alpha value is -1.26. The molecule has 118 valence electrons. The number of aromatic hydroxyl groups is 1. The minimum atomic E-state index is 0.174. The zero-order valence-corrected chi connectivity index (χ0v) is 13.9. The van der Waals surface area contributed by atoms with Gasteiger partial charge in [-0.15, -0.1) is 0 Å². The Kier molecular flexibility index (Phi) is 4.79. The summed E-state index contributed by atoms with van der Waals surface area (Å²) in [4.78, 5) is 4.69. The van der Waals surface area contributed by atoms with Gasteiger partial charge in [0, 0.05) is 29.8 Å². The molecular formula is C17H28N2O2. The van der Waals surface area contributed by atoms with Crippen molar-refractivity contribution < 1.29 is 9.84 Å². The first kappa shape index (κ1) is 16.1. The second-order valence-corrected chi connectivity index (χ2v) is 6.49. The Balaban J connectivity index is 2.10. The number of hydrogen-bond acceptors (Lipinski definition) is 4. The zero-order chi connectivity index (χ0) is 15.6.